The summed E-state index contributed by atoms with van der Waals surface area (Å²) in [5, 5.41) is 4.17. The van der Waals surface area contributed by atoms with Crippen molar-refractivity contribution in [1.82, 2.24) is 14.8 Å². The summed E-state index contributed by atoms with van der Waals surface area (Å²) in [6.45, 7) is 1.82. The van der Waals surface area contributed by atoms with Crippen LogP contribution >= 0.6 is 0 Å². The fourth-order valence-corrected chi connectivity index (χ4v) is 3.92. The van der Waals surface area contributed by atoms with Crippen LogP contribution in [0.3, 0.4) is 0 Å². The molecule has 0 fully saturated rings. The summed E-state index contributed by atoms with van der Waals surface area (Å²) >= 11 is 0. The number of fused-ring (bicyclic) bond motifs is 3. The highest BCUT2D eigenvalue weighted by molar-refractivity contribution is 6.09. The second-order valence-corrected chi connectivity index (χ2v) is 7.18. The quantitative estimate of drug-likeness (QED) is 0.730. The third-order valence-corrected chi connectivity index (χ3v) is 5.43. The Bertz CT molecular complexity index is 1020. The van der Waals surface area contributed by atoms with Gasteiger partial charge >= 0.3 is 0 Å². The van der Waals surface area contributed by atoms with Crippen LogP contribution in [0.4, 0.5) is 0 Å². The number of methoxy groups -OCH3 is 2. The van der Waals surface area contributed by atoms with E-state index in [-0.39, 0.29) is 18.4 Å². The largest absolute Gasteiger partial charge is 0.501 e. The zero-order valence-corrected chi connectivity index (χ0v) is 16.7. The third-order valence-electron chi connectivity index (χ3n) is 5.43. The van der Waals surface area contributed by atoms with Crippen molar-refractivity contribution in [2.75, 3.05) is 40.4 Å². The van der Waals surface area contributed by atoms with Crippen molar-refractivity contribution in [2.45, 2.75) is 12.8 Å². The summed E-state index contributed by atoms with van der Waals surface area (Å²) in [6.07, 6.45) is 6.13. The maximum absolute atomic E-state index is 12.9. The van der Waals surface area contributed by atoms with Crippen molar-refractivity contribution in [3.63, 3.8) is 0 Å². The van der Waals surface area contributed by atoms with Crippen LogP contribution in [-0.4, -0.2) is 61.7 Å². The van der Waals surface area contributed by atoms with Crippen LogP contribution in [0.15, 0.2) is 47.7 Å². The molecular weight excluding hydrogens is 370 g/mol. The maximum atomic E-state index is 12.9. The van der Waals surface area contributed by atoms with Crippen molar-refractivity contribution in [2.24, 2.45) is 0 Å². The number of benzene rings is 1. The number of allylic oxidation sites excluding steroid dienone is 2. The highest BCUT2D eigenvalue weighted by Crippen LogP contribution is 2.27. The molecule has 7 nitrogen and oxygen atoms in total. The Labute approximate surface area is 169 Å². The van der Waals surface area contributed by atoms with E-state index in [0.29, 0.717) is 31.1 Å². The molecule has 0 unspecified atom stereocenters. The van der Waals surface area contributed by atoms with Crippen molar-refractivity contribution >= 4 is 22.7 Å². The minimum absolute atomic E-state index is 0.0786. The summed E-state index contributed by atoms with van der Waals surface area (Å²) in [5.74, 6) is 1.47. The Hall–Kier alpha value is -3.06. The average Bonchev–Trinajstić information content (AvgIpc) is 3.14. The Morgan fingerprint density at radius 3 is 2.79 bits per heavy atom. The van der Waals surface area contributed by atoms with Gasteiger partial charge in [-0.3, -0.25) is 14.2 Å². The first-order valence-electron chi connectivity index (χ1n) is 9.77. The van der Waals surface area contributed by atoms with Crippen LogP contribution in [0.5, 0.6) is 5.75 Å². The molecule has 0 bridgehead atoms. The van der Waals surface area contributed by atoms with Crippen LogP contribution in [-0.2, 0) is 4.74 Å². The van der Waals surface area contributed by atoms with Gasteiger partial charge in [0, 0.05) is 37.0 Å². The first-order chi connectivity index (χ1) is 14.1. The van der Waals surface area contributed by atoms with Gasteiger partial charge in [0.05, 0.1) is 19.7 Å². The summed E-state index contributed by atoms with van der Waals surface area (Å²) in [6, 6.07) is 7.22. The van der Waals surface area contributed by atoms with E-state index in [2.05, 4.69) is 17.5 Å². The molecule has 0 spiro atoms. The molecule has 1 aliphatic heterocycles. The van der Waals surface area contributed by atoms with E-state index in [0.717, 1.165) is 35.1 Å². The van der Waals surface area contributed by atoms with Gasteiger partial charge in [-0.25, -0.2) is 0 Å². The van der Waals surface area contributed by atoms with E-state index in [1.807, 2.05) is 12.1 Å². The van der Waals surface area contributed by atoms with Gasteiger partial charge in [-0.2, -0.15) is 0 Å². The summed E-state index contributed by atoms with van der Waals surface area (Å²) in [5.41, 5.74) is 2.28. The van der Waals surface area contributed by atoms with Crippen LogP contribution in [0, 0.1) is 0 Å². The van der Waals surface area contributed by atoms with Gasteiger partial charge < -0.3 is 19.7 Å². The fourth-order valence-electron chi connectivity index (χ4n) is 3.92. The average molecular weight is 395 g/mol. The lowest BCUT2D eigenvalue weighted by molar-refractivity contribution is 0.0625. The predicted molar refractivity (Wildman–Crippen MR) is 110 cm³/mol. The molecule has 1 aliphatic carbocycles. The van der Waals surface area contributed by atoms with Gasteiger partial charge in [0.25, 0.3) is 11.8 Å². The molecule has 2 aliphatic rings. The van der Waals surface area contributed by atoms with Gasteiger partial charge in [0.1, 0.15) is 23.7 Å². The number of carbonyl (C=O) groups is 2. The Morgan fingerprint density at radius 2 is 2.00 bits per heavy atom. The van der Waals surface area contributed by atoms with Crippen molar-refractivity contribution in [3.8, 4) is 5.75 Å². The molecule has 0 saturated carbocycles. The highest BCUT2D eigenvalue weighted by Gasteiger charge is 2.31. The van der Waals surface area contributed by atoms with E-state index in [1.165, 1.54) is 4.57 Å². The topological polar surface area (TPSA) is 72.8 Å². The summed E-state index contributed by atoms with van der Waals surface area (Å²) < 4.78 is 12.2. The van der Waals surface area contributed by atoms with E-state index >= 15 is 0 Å². The second kappa shape index (κ2) is 8.13. The molecule has 1 aromatic carbocycles. The first kappa shape index (κ1) is 19.3. The van der Waals surface area contributed by atoms with Gasteiger partial charge in [0.2, 0.25) is 0 Å². The monoisotopic (exact) mass is 395 g/mol. The standard InChI is InChI=1S/C22H25N3O4/c1-28-17-7-8-18-16(11-17)12-19-22(27)24(14-21(26)25(18)19)10-9-23-13-15-5-3-4-6-20(15)29-2/h3,5,7-8,11-12,23H,4,6,9-10,13-14H2,1-2H3. The SMILES string of the molecule is COC1=C(CNCCN2CC(=O)n3c(cc4cc(OC)ccc43)C2=O)C=CCC1. The number of ether oxygens (including phenoxy) is 2. The van der Waals surface area contributed by atoms with Crippen molar-refractivity contribution in [3.05, 3.63) is 53.4 Å². The number of rotatable bonds is 7. The van der Waals surface area contributed by atoms with Crippen LogP contribution < -0.4 is 10.1 Å². The molecule has 0 saturated heterocycles. The lowest BCUT2D eigenvalue weighted by Crippen LogP contribution is -2.46. The van der Waals surface area contributed by atoms with Crippen LogP contribution in [0.25, 0.3) is 10.9 Å². The number of nitrogens with zero attached hydrogens (tertiary/aromatic N) is 2. The smallest absolute Gasteiger partial charge is 0.271 e. The first-order valence-corrected chi connectivity index (χ1v) is 9.77. The predicted octanol–water partition coefficient (Wildman–Crippen LogP) is 2.59. The molecule has 1 N–H and O–H groups in total. The normalized spacial score (nSPS) is 16.6. The molecule has 29 heavy (non-hydrogen) atoms. The molecule has 1 amide bonds. The van der Waals surface area contributed by atoms with Gasteiger partial charge in [-0.1, -0.05) is 12.2 Å². The Morgan fingerprint density at radius 1 is 1.14 bits per heavy atom. The minimum atomic E-state index is -0.129. The molecule has 2 aromatic rings. The van der Waals surface area contributed by atoms with Crippen LogP contribution in [0.2, 0.25) is 0 Å². The minimum Gasteiger partial charge on any atom is -0.501 e. The second-order valence-electron chi connectivity index (χ2n) is 7.18. The summed E-state index contributed by atoms with van der Waals surface area (Å²) in [4.78, 5) is 27.3. The summed E-state index contributed by atoms with van der Waals surface area (Å²) in [7, 11) is 3.29. The van der Waals surface area contributed by atoms with E-state index in [4.69, 9.17) is 9.47 Å². The van der Waals surface area contributed by atoms with Crippen molar-refractivity contribution in [1.29, 1.82) is 0 Å². The molecule has 7 heteroatoms. The fraction of sp³-hybridized carbons (Fsp3) is 0.364. The molecule has 4 rings (SSSR count). The molecular formula is C22H25N3O4. The number of carbonyl (C=O) groups excluding carboxylic acids is 2. The zero-order chi connectivity index (χ0) is 20.4. The van der Waals surface area contributed by atoms with Gasteiger partial charge in [-0.15, -0.1) is 0 Å². The van der Waals surface area contributed by atoms with Crippen molar-refractivity contribution < 1.29 is 19.1 Å². The van der Waals surface area contributed by atoms with E-state index in [1.54, 1.807) is 31.3 Å². The number of hydrogen-bond acceptors (Lipinski definition) is 5. The molecule has 0 radical (unpaired) electrons. The van der Waals surface area contributed by atoms with Gasteiger partial charge in [-0.05, 0) is 30.7 Å². The van der Waals surface area contributed by atoms with Crippen LogP contribution in [0.1, 0.15) is 28.1 Å². The van der Waals surface area contributed by atoms with E-state index < -0.39 is 0 Å². The maximum Gasteiger partial charge on any atom is 0.271 e. The molecule has 2 heterocycles. The Balaban J connectivity index is 1.43. The zero-order valence-electron chi connectivity index (χ0n) is 16.7. The Kier molecular flexibility index (Phi) is 5.40. The lowest BCUT2D eigenvalue weighted by atomic mass is 10.1. The van der Waals surface area contributed by atoms with Gasteiger partial charge in [0.15, 0.2) is 0 Å². The third kappa shape index (κ3) is 3.65. The number of aromatic nitrogens is 1. The lowest BCUT2D eigenvalue weighted by Gasteiger charge is -2.27. The number of amides is 1. The number of nitrogens with one attached hydrogen (secondary N) is 1. The highest BCUT2D eigenvalue weighted by atomic mass is 16.5. The van der Waals surface area contributed by atoms with E-state index in [9.17, 15) is 9.59 Å². The molecule has 0 atom stereocenters. The molecule has 152 valence electrons. The molecule has 1 aromatic heterocycles. The number of hydrogen-bond donors (Lipinski definition) is 1.